The monoisotopic (exact) mass is 307 g/mol. The van der Waals surface area contributed by atoms with Crippen LogP contribution in [-0.4, -0.2) is 10.9 Å². The minimum atomic E-state index is -0.228. The summed E-state index contributed by atoms with van der Waals surface area (Å²) in [6, 6.07) is 13.1. The van der Waals surface area contributed by atoms with Gasteiger partial charge in [0.2, 0.25) is 0 Å². The first-order chi connectivity index (χ1) is 9.69. The lowest BCUT2D eigenvalue weighted by Gasteiger charge is -2.27. The van der Waals surface area contributed by atoms with Gasteiger partial charge in [-0.15, -0.1) is 0 Å². The molecule has 0 saturated carbocycles. The third kappa shape index (κ3) is 2.35. The van der Waals surface area contributed by atoms with Gasteiger partial charge in [-0.3, -0.25) is 0 Å². The van der Waals surface area contributed by atoms with Crippen LogP contribution in [0.15, 0.2) is 47.6 Å². The first kappa shape index (κ1) is 13.3. The molecule has 1 aliphatic rings. The van der Waals surface area contributed by atoms with Gasteiger partial charge in [-0.1, -0.05) is 58.7 Å². The lowest BCUT2D eigenvalue weighted by atomic mass is 9.95. The van der Waals surface area contributed by atoms with Crippen LogP contribution in [0.5, 0.6) is 5.75 Å². The maximum absolute atomic E-state index is 9.23. The second-order valence-corrected chi connectivity index (χ2v) is 5.38. The number of fused-ring (bicyclic) bond motifs is 1. The van der Waals surface area contributed by atoms with Crippen molar-refractivity contribution in [1.29, 1.82) is 0 Å². The second-order valence-electron chi connectivity index (χ2n) is 4.53. The van der Waals surface area contributed by atoms with Gasteiger partial charge in [0.05, 0.1) is 10.7 Å². The highest BCUT2D eigenvalue weighted by Crippen LogP contribution is 2.41. The van der Waals surface area contributed by atoms with Gasteiger partial charge in [0.1, 0.15) is 11.9 Å². The molecule has 1 N–H and O–H groups in total. The summed E-state index contributed by atoms with van der Waals surface area (Å²) in [6.45, 7) is 0. The zero-order chi connectivity index (χ0) is 14.1. The van der Waals surface area contributed by atoms with Gasteiger partial charge in [-0.05, 0) is 17.7 Å². The van der Waals surface area contributed by atoms with Crippen LogP contribution in [0.1, 0.15) is 23.7 Å². The van der Waals surface area contributed by atoms with Gasteiger partial charge in [0, 0.05) is 17.0 Å². The molecule has 0 radical (unpaired) electrons. The Morgan fingerprint density at radius 2 is 1.90 bits per heavy atom. The van der Waals surface area contributed by atoms with Gasteiger partial charge >= 0.3 is 0 Å². The molecule has 1 heterocycles. The van der Waals surface area contributed by atoms with E-state index in [2.05, 4.69) is 5.16 Å². The van der Waals surface area contributed by atoms with E-state index in [1.807, 2.05) is 30.3 Å². The van der Waals surface area contributed by atoms with Crippen LogP contribution in [-0.2, 0) is 0 Å². The van der Waals surface area contributed by atoms with E-state index < -0.39 is 0 Å². The standard InChI is InChI=1S/C15H11Cl2NO2/c16-10-6-11-13(18-19)8-14(9-4-2-1-3-5-9)20-15(11)12(17)7-10/h1-7,14,19H,8H2. The number of hydrogen-bond acceptors (Lipinski definition) is 3. The average Bonchev–Trinajstić information content (AvgIpc) is 2.47. The SMILES string of the molecule is ON=C1CC(c2ccccc2)Oc2c(Cl)cc(Cl)cc21. The molecule has 0 aliphatic carbocycles. The fourth-order valence-electron chi connectivity index (χ4n) is 2.31. The summed E-state index contributed by atoms with van der Waals surface area (Å²) in [5, 5.41) is 13.5. The Kier molecular flexibility index (Phi) is 3.55. The Bertz CT molecular complexity index is 671. The number of hydrogen-bond donors (Lipinski definition) is 1. The molecule has 3 rings (SSSR count). The summed E-state index contributed by atoms with van der Waals surface area (Å²) in [7, 11) is 0. The number of nitrogens with zero attached hydrogens (tertiary/aromatic N) is 1. The molecular formula is C15H11Cl2NO2. The van der Waals surface area contributed by atoms with Crippen LogP contribution in [0.3, 0.4) is 0 Å². The third-order valence-corrected chi connectivity index (χ3v) is 3.75. The van der Waals surface area contributed by atoms with Crippen molar-refractivity contribution in [3.05, 3.63) is 63.6 Å². The third-order valence-electron chi connectivity index (χ3n) is 3.25. The molecule has 102 valence electrons. The number of oxime groups is 1. The Balaban J connectivity index is 2.07. The molecular weight excluding hydrogens is 297 g/mol. The topological polar surface area (TPSA) is 41.8 Å². The quantitative estimate of drug-likeness (QED) is 0.613. The van der Waals surface area contributed by atoms with Crippen molar-refractivity contribution in [2.24, 2.45) is 5.16 Å². The lowest BCUT2D eigenvalue weighted by Crippen LogP contribution is -2.21. The van der Waals surface area contributed by atoms with Gasteiger partial charge in [0.25, 0.3) is 0 Å². The molecule has 0 amide bonds. The van der Waals surface area contributed by atoms with Gasteiger partial charge in [-0.2, -0.15) is 0 Å². The smallest absolute Gasteiger partial charge is 0.148 e. The maximum Gasteiger partial charge on any atom is 0.148 e. The largest absolute Gasteiger partial charge is 0.483 e. The lowest BCUT2D eigenvalue weighted by molar-refractivity contribution is 0.203. The highest BCUT2D eigenvalue weighted by molar-refractivity contribution is 6.36. The summed E-state index contributed by atoms with van der Waals surface area (Å²) < 4.78 is 5.95. The number of ether oxygens (including phenoxy) is 1. The normalized spacial score (nSPS) is 19.5. The summed E-state index contributed by atoms with van der Waals surface area (Å²) in [5.74, 6) is 0.504. The number of rotatable bonds is 1. The zero-order valence-electron chi connectivity index (χ0n) is 10.4. The Labute approximate surface area is 126 Å². The van der Waals surface area contributed by atoms with Crippen molar-refractivity contribution < 1.29 is 9.94 Å². The minimum Gasteiger partial charge on any atom is -0.483 e. The van der Waals surface area contributed by atoms with E-state index in [1.165, 1.54) is 0 Å². The first-order valence-electron chi connectivity index (χ1n) is 6.11. The van der Waals surface area contributed by atoms with Crippen LogP contribution < -0.4 is 4.74 Å². The molecule has 0 fully saturated rings. The van der Waals surface area contributed by atoms with E-state index in [0.29, 0.717) is 33.5 Å². The number of halogens is 2. The van der Waals surface area contributed by atoms with E-state index in [1.54, 1.807) is 12.1 Å². The van der Waals surface area contributed by atoms with Crippen molar-refractivity contribution in [2.75, 3.05) is 0 Å². The average molecular weight is 308 g/mol. The molecule has 3 nitrogen and oxygen atoms in total. The summed E-state index contributed by atoms with van der Waals surface area (Å²) in [4.78, 5) is 0. The maximum atomic E-state index is 9.23. The summed E-state index contributed by atoms with van der Waals surface area (Å²) >= 11 is 12.2. The molecule has 0 spiro atoms. The molecule has 1 atom stereocenters. The van der Waals surface area contributed by atoms with Gasteiger partial charge in [-0.25, -0.2) is 0 Å². The predicted octanol–water partition coefficient (Wildman–Crippen LogP) is 4.70. The Hall–Kier alpha value is -1.71. The number of benzene rings is 2. The molecule has 5 heteroatoms. The van der Waals surface area contributed by atoms with Crippen LogP contribution in [0.25, 0.3) is 0 Å². The van der Waals surface area contributed by atoms with E-state index in [4.69, 9.17) is 27.9 Å². The molecule has 1 unspecified atom stereocenters. The molecule has 0 bridgehead atoms. The molecule has 0 saturated heterocycles. The van der Waals surface area contributed by atoms with Gasteiger partial charge < -0.3 is 9.94 Å². The van der Waals surface area contributed by atoms with Crippen LogP contribution >= 0.6 is 23.2 Å². The second kappa shape index (κ2) is 5.35. The van der Waals surface area contributed by atoms with Crippen molar-refractivity contribution in [3.63, 3.8) is 0 Å². The fraction of sp³-hybridized carbons (Fsp3) is 0.133. The van der Waals surface area contributed by atoms with Crippen molar-refractivity contribution in [3.8, 4) is 5.75 Å². The zero-order valence-corrected chi connectivity index (χ0v) is 11.9. The van der Waals surface area contributed by atoms with Crippen molar-refractivity contribution in [2.45, 2.75) is 12.5 Å². The van der Waals surface area contributed by atoms with Crippen LogP contribution in [0.2, 0.25) is 10.0 Å². The van der Waals surface area contributed by atoms with E-state index in [0.717, 1.165) is 5.56 Å². The minimum absolute atomic E-state index is 0.228. The molecule has 2 aromatic rings. The van der Waals surface area contributed by atoms with E-state index in [9.17, 15) is 5.21 Å². The first-order valence-corrected chi connectivity index (χ1v) is 6.86. The summed E-state index contributed by atoms with van der Waals surface area (Å²) in [5.41, 5.74) is 2.16. The van der Waals surface area contributed by atoms with Gasteiger partial charge in [0.15, 0.2) is 0 Å². The van der Waals surface area contributed by atoms with Crippen LogP contribution in [0, 0.1) is 0 Å². The predicted molar refractivity (Wildman–Crippen MR) is 79.2 cm³/mol. The molecule has 0 aromatic heterocycles. The highest BCUT2D eigenvalue weighted by atomic mass is 35.5. The molecule has 1 aliphatic heterocycles. The Morgan fingerprint density at radius 3 is 2.60 bits per heavy atom. The highest BCUT2D eigenvalue weighted by Gasteiger charge is 2.28. The van der Waals surface area contributed by atoms with Crippen molar-refractivity contribution >= 4 is 28.9 Å². The fourth-order valence-corrected chi connectivity index (χ4v) is 2.85. The molecule has 20 heavy (non-hydrogen) atoms. The van der Waals surface area contributed by atoms with Crippen molar-refractivity contribution in [1.82, 2.24) is 0 Å². The summed E-state index contributed by atoms with van der Waals surface area (Å²) in [6.07, 6.45) is 0.234. The Morgan fingerprint density at radius 1 is 1.15 bits per heavy atom. The van der Waals surface area contributed by atoms with E-state index >= 15 is 0 Å². The van der Waals surface area contributed by atoms with E-state index in [-0.39, 0.29) is 6.10 Å². The van der Waals surface area contributed by atoms with Crippen LogP contribution in [0.4, 0.5) is 0 Å². The molecule has 2 aromatic carbocycles.